The predicted molar refractivity (Wildman–Crippen MR) is 61.8 cm³/mol. The van der Waals surface area contributed by atoms with Crippen LogP contribution in [0.5, 0.6) is 0 Å². The molecule has 0 aromatic carbocycles. The number of aromatic nitrogens is 1. The zero-order chi connectivity index (χ0) is 11.3. The molecule has 0 bridgehead atoms. The molecule has 0 saturated carbocycles. The van der Waals surface area contributed by atoms with Crippen LogP contribution in [0.25, 0.3) is 0 Å². The minimum absolute atomic E-state index is 0.201. The van der Waals surface area contributed by atoms with Gasteiger partial charge in [-0.1, -0.05) is 24.6 Å². The van der Waals surface area contributed by atoms with Crippen molar-refractivity contribution in [2.75, 3.05) is 6.61 Å². The second-order valence-corrected chi connectivity index (χ2v) is 4.21. The van der Waals surface area contributed by atoms with E-state index in [1.165, 1.54) is 0 Å². The van der Waals surface area contributed by atoms with Crippen molar-refractivity contribution >= 4 is 11.6 Å². The zero-order valence-electron chi connectivity index (χ0n) is 9.07. The average Bonchev–Trinajstić information content (AvgIpc) is 2.26. The smallest absolute Gasteiger partial charge is 0.129 e. The van der Waals surface area contributed by atoms with Crippen molar-refractivity contribution in [2.24, 2.45) is 5.92 Å². The summed E-state index contributed by atoms with van der Waals surface area (Å²) >= 11 is 5.68. The van der Waals surface area contributed by atoms with E-state index in [1.54, 1.807) is 12.3 Å². The summed E-state index contributed by atoms with van der Waals surface area (Å²) in [4.78, 5) is 4.00. The van der Waals surface area contributed by atoms with E-state index in [0.717, 1.165) is 12.1 Å². The first-order valence-corrected chi connectivity index (χ1v) is 5.46. The fraction of sp³-hybridized carbons (Fsp3) is 0.545. The van der Waals surface area contributed by atoms with Crippen molar-refractivity contribution < 1.29 is 5.11 Å². The van der Waals surface area contributed by atoms with Crippen LogP contribution in [-0.4, -0.2) is 22.7 Å². The summed E-state index contributed by atoms with van der Waals surface area (Å²) in [6, 6.07) is 4.00. The highest BCUT2D eigenvalue weighted by Gasteiger charge is 2.09. The molecular formula is C11H17ClN2O. The molecule has 1 aromatic heterocycles. The van der Waals surface area contributed by atoms with Gasteiger partial charge in [0.2, 0.25) is 0 Å². The van der Waals surface area contributed by atoms with Crippen molar-refractivity contribution in [2.45, 2.75) is 26.4 Å². The molecule has 0 aliphatic rings. The first-order chi connectivity index (χ1) is 7.13. The molecule has 0 aliphatic heterocycles. The zero-order valence-corrected chi connectivity index (χ0v) is 9.83. The standard InChI is InChI=1S/C11H17ClN2O/c1-8(7-15)9(2)13-5-10-3-4-11(12)14-6-10/h3-4,6,8-9,13,15H,5,7H2,1-2H3. The quantitative estimate of drug-likeness (QED) is 0.756. The van der Waals surface area contributed by atoms with Crippen molar-refractivity contribution in [1.29, 1.82) is 0 Å². The fourth-order valence-electron chi connectivity index (χ4n) is 1.15. The molecule has 84 valence electrons. The van der Waals surface area contributed by atoms with Crippen molar-refractivity contribution in [3.63, 3.8) is 0 Å². The minimum Gasteiger partial charge on any atom is -0.396 e. The Morgan fingerprint density at radius 1 is 1.47 bits per heavy atom. The maximum atomic E-state index is 8.97. The lowest BCUT2D eigenvalue weighted by molar-refractivity contribution is 0.207. The molecule has 0 spiro atoms. The Bertz CT molecular complexity index is 289. The van der Waals surface area contributed by atoms with Crippen LogP contribution in [0.4, 0.5) is 0 Å². The fourth-order valence-corrected chi connectivity index (χ4v) is 1.26. The van der Waals surface area contributed by atoms with Gasteiger partial charge >= 0.3 is 0 Å². The number of hydrogen-bond acceptors (Lipinski definition) is 3. The maximum Gasteiger partial charge on any atom is 0.129 e. The molecule has 0 aliphatic carbocycles. The van der Waals surface area contributed by atoms with Gasteiger partial charge in [-0.3, -0.25) is 0 Å². The maximum absolute atomic E-state index is 8.97. The lowest BCUT2D eigenvalue weighted by Crippen LogP contribution is -2.33. The molecule has 2 N–H and O–H groups in total. The number of aliphatic hydroxyl groups is 1. The van der Waals surface area contributed by atoms with Crippen LogP contribution in [-0.2, 0) is 6.54 Å². The highest BCUT2D eigenvalue weighted by atomic mass is 35.5. The van der Waals surface area contributed by atoms with Crippen LogP contribution >= 0.6 is 11.6 Å². The Hall–Kier alpha value is -0.640. The number of halogens is 1. The van der Waals surface area contributed by atoms with E-state index in [4.69, 9.17) is 16.7 Å². The van der Waals surface area contributed by atoms with Gasteiger partial charge in [-0.2, -0.15) is 0 Å². The van der Waals surface area contributed by atoms with Gasteiger partial charge in [0.1, 0.15) is 5.15 Å². The average molecular weight is 229 g/mol. The van der Waals surface area contributed by atoms with E-state index in [0.29, 0.717) is 5.15 Å². The largest absolute Gasteiger partial charge is 0.396 e. The molecule has 1 rings (SSSR count). The number of nitrogens with zero attached hydrogens (tertiary/aromatic N) is 1. The SMILES string of the molecule is CC(CO)C(C)NCc1ccc(Cl)nc1. The highest BCUT2D eigenvalue weighted by molar-refractivity contribution is 6.29. The summed E-state index contributed by atoms with van der Waals surface area (Å²) in [6.07, 6.45) is 1.76. The highest BCUT2D eigenvalue weighted by Crippen LogP contribution is 2.06. The van der Waals surface area contributed by atoms with Gasteiger partial charge < -0.3 is 10.4 Å². The molecule has 3 nitrogen and oxygen atoms in total. The summed E-state index contributed by atoms with van der Waals surface area (Å²) < 4.78 is 0. The first-order valence-electron chi connectivity index (χ1n) is 5.08. The first kappa shape index (κ1) is 12.4. The van der Waals surface area contributed by atoms with E-state index in [2.05, 4.69) is 17.2 Å². The summed E-state index contributed by atoms with van der Waals surface area (Å²) in [5.74, 6) is 0.255. The Morgan fingerprint density at radius 2 is 2.20 bits per heavy atom. The number of nitrogens with one attached hydrogen (secondary N) is 1. The van der Waals surface area contributed by atoms with Crippen molar-refractivity contribution in [3.05, 3.63) is 29.0 Å². The third-order valence-corrected chi connectivity index (χ3v) is 2.78. The van der Waals surface area contributed by atoms with Gasteiger partial charge in [-0.05, 0) is 24.5 Å². The minimum atomic E-state index is 0.201. The van der Waals surface area contributed by atoms with Gasteiger partial charge in [0.15, 0.2) is 0 Å². The van der Waals surface area contributed by atoms with E-state index in [9.17, 15) is 0 Å². The van der Waals surface area contributed by atoms with Crippen molar-refractivity contribution in [1.82, 2.24) is 10.3 Å². The second kappa shape index (κ2) is 6.05. The Morgan fingerprint density at radius 3 is 2.73 bits per heavy atom. The Balaban J connectivity index is 2.40. The number of pyridine rings is 1. The molecule has 4 heteroatoms. The van der Waals surface area contributed by atoms with Crippen LogP contribution in [0.2, 0.25) is 5.15 Å². The van der Waals surface area contributed by atoms with E-state index in [1.807, 2.05) is 13.0 Å². The van der Waals surface area contributed by atoms with E-state index < -0.39 is 0 Å². The van der Waals surface area contributed by atoms with Crippen LogP contribution in [0, 0.1) is 5.92 Å². The van der Waals surface area contributed by atoms with E-state index >= 15 is 0 Å². The summed E-state index contributed by atoms with van der Waals surface area (Å²) in [5.41, 5.74) is 1.09. The topological polar surface area (TPSA) is 45.1 Å². The van der Waals surface area contributed by atoms with E-state index in [-0.39, 0.29) is 18.6 Å². The number of rotatable bonds is 5. The van der Waals surface area contributed by atoms with Gasteiger partial charge in [-0.25, -0.2) is 4.98 Å². The molecule has 1 heterocycles. The van der Waals surface area contributed by atoms with Gasteiger partial charge in [0.05, 0.1) is 0 Å². The Labute approximate surface area is 95.5 Å². The molecule has 15 heavy (non-hydrogen) atoms. The number of hydrogen-bond donors (Lipinski definition) is 2. The normalized spacial score (nSPS) is 14.9. The molecular weight excluding hydrogens is 212 g/mol. The van der Waals surface area contributed by atoms with Gasteiger partial charge in [-0.15, -0.1) is 0 Å². The predicted octanol–water partition coefficient (Wildman–Crippen LogP) is 1.84. The molecule has 0 amide bonds. The molecule has 1 aromatic rings. The Kier molecular flexibility index (Phi) is 5.02. The summed E-state index contributed by atoms with van der Waals surface area (Å²) in [5, 5.41) is 12.8. The third-order valence-electron chi connectivity index (χ3n) is 2.56. The third kappa shape index (κ3) is 4.16. The summed E-state index contributed by atoms with van der Waals surface area (Å²) in [7, 11) is 0. The molecule has 2 atom stereocenters. The van der Waals surface area contributed by atoms with Gasteiger partial charge in [0, 0.05) is 25.4 Å². The molecule has 0 radical (unpaired) electrons. The second-order valence-electron chi connectivity index (χ2n) is 3.82. The van der Waals surface area contributed by atoms with Crippen LogP contribution in [0.1, 0.15) is 19.4 Å². The lowest BCUT2D eigenvalue weighted by atomic mass is 10.1. The van der Waals surface area contributed by atoms with Crippen LogP contribution in [0.3, 0.4) is 0 Å². The molecule has 0 fully saturated rings. The summed E-state index contributed by atoms with van der Waals surface area (Å²) in [6.45, 7) is 5.02. The lowest BCUT2D eigenvalue weighted by Gasteiger charge is -2.19. The molecule has 2 unspecified atom stereocenters. The van der Waals surface area contributed by atoms with Crippen LogP contribution < -0.4 is 5.32 Å². The van der Waals surface area contributed by atoms with Crippen molar-refractivity contribution in [3.8, 4) is 0 Å². The monoisotopic (exact) mass is 228 g/mol. The van der Waals surface area contributed by atoms with Crippen LogP contribution in [0.15, 0.2) is 18.3 Å². The molecule has 0 saturated heterocycles. The van der Waals surface area contributed by atoms with Gasteiger partial charge in [0.25, 0.3) is 0 Å². The number of aliphatic hydroxyl groups excluding tert-OH is 1.